The maximum atomic E-state index is 13.8. The van der Waals surface area contributed by atoms with Crippen molar-refractivity contribution in [1.82, 2.24) is 24.5 Å². The van der Waals surface area contributed by atoms with Gasteiger partial charge in [0, 0.05) is 24.7 Å². The lowest BCUT2D eigenvalue weighted by Gasteiger charge is -2.32. The highest BCUT2D eigenvalue weighted by Crippen LogP contribution is 2.24. The SMILES string of the molecule is O=c1cc(CN2CCC[C@H](CCc3c(F)cccc3F)C2)nc2nc[nH]n12. The van der Waals surface area contributed by atoms with E-state index in [9.17, 15) is 13.6 Å². The highest BCUT2D eigenvalue weighted by molar-refractivity contribution is 5.26. The van der Waals surface area contributed by atoms with Crippen molar-refractivity contribution in [3.05, 3.63) is 63.8 Å². The van der Waals surface area contributed by atoms with Crippen LogP contribution in [0.25, 0.3) is 5.78 Å². The molecule has 0 amide bonds. The van der Waals surface area contributed by atoms with E-state index in [-0.39, 0.29) is 11.1 Å². The summed E-state index contributed by atoms with van der Waals surface area (Å²) in [6.45, 7) is 2.33. The summed E-state index contributed by atoms with van der Waals surface area (Å²) in [7, 11) is 0. The number of hydrogen-bond donors (Lipinski definition) is 1. The number of H-pyrrole nitrogens is 1. The van der Waals surface area contributed by atoms with Gasteiger partial charge in [0.15, 0.2) is 0 Å². The molecule has 6 nitrogen and oxygen atoms in total. The van der Waals surface area contributed by atoms with Gasteiger partial charge < -0.3 is 0 Å². The molecule has 0 radical (unpaired) electrons. The Hall–Kier alpha value is -2.61. The lowest BCUT2D eigenvalue weighted by Crippen LogP contribution is -2.35. The number of aromatic nitrogens is 4. The summed E-state index contributed by atoms with van der Waals surface area (Å²) in [5, 5.41) is 2.72. The van der Waals surface area contributed by atoms with Gasteiger partial charge in [-0.25, -0.2) is 18.7 Å². The minimum absolute atomic E-state index is 0.174. The van der Waals surface area contributed by atoms with Gasteiger partial charge >= 0.3 is 0 Å². The number of likely N-dealkylation sites (tertiary alicyclic amines) is 1. The van der Waals surface area contributed by atoms with E-state index in [1.165, 1.54) is 35.1 Å². The van der Waals surface area contributed by atoms with Crippen LogP contribution in [-0.2, 0) is 13.0 Å². The van der Waals surface area contributed by atoms with E-state index >= 15 is 0 Å². The fourth-order valence-corrected chi connectivity index (χ4v) is 3.83. The number of rotatable bonds is 5. The van der Waals surface area contributed by atoms with Gasteiger partial charge in [-0.2, -0.15) is 4.52 Å². The Morgan fingerprint density at radius 1 is 1.26 bits per heavy atom. The summed E-state index contributed by atoms with van der Waals surface area (Å²) in [5.74, 6) is -0.214. The third-order valence-corrected chi connectivity index (χ3v) is 5.17. The molecule has 1 aromatic carbocycles. The molecule has 142 valence electrons. The topological polar surface area (TPSA) is 66.3 Å². The van der Waals surface area contributed by atoms with E-state index in [1.807, 2.05) is 0 Å². The molecule has 1 N–H and O–H groups in total. The number of hydrogen-bond acceptors (Lipinski definition) is 4. The Bertz CT molecular complexity index is 979. The number of benzene rings is 1. The molecule has 1 aliphatic heterocycles. The standard InChI is InChI=1S/C19H21F2N5O/c20-16-4-1-5-17(21)15(16)7-6-13-3-2-8-25(10-13)11-14-9-18(27)26-19(24-14)22-12-23-26/h1,4-5,9,12-13H,2-3,6-8,10-11H2,(H,22,23,24)/t13-/m1/s1. The van der Waals surface area contributed by atoms with Gasteiger partial charge in [-0.05, 0) is 50.3 Å². The third-order valence-electron chi connectivity index (χ3n) is 5.17. The lowest BCUT2D eigenvalue weighted by molar-refractivity contribution is 0.160. The molecule has 1 atom stereocenters. The summed E-state index contributed by atoms with van der Waals surface area (Å²) in [6.07, 6.45) is 4.64. The summed E-state index contributed by atoms with van der Waals surface area (Å²) in [6, 6.07) is 5.52. The number of halogens is 2. The van der Waals surface area contributed by atoms with E-state index in [4.69, 9.17) is 0 Å². The molecule has 3 aromatic rings. The van der Waals surface area contributed by atoms with Crippen molar-refractivity contribution in [2.24, 2.45) is 5.92 Å². The van der Waals surface area contributed by atoms with Gasteiger partial charge in [-0.3, -0.25) is 14.8 Å². The monoisotopic (exact) mass is 373 g/mol. The fourth-order valence-electron chi connectivity index (χ4n) is 3.83. The highest BCUT2D eigenvalue weighted by atomic mass is 19.1. The maximum Gasteiger partial charge on any atom is 0.274 e. The van der Waals surface area contributed by atoms with Crippen LogP contribution in [0.3, 0.4) is 0 Å². The quantitative estimate of drug-likeness (QED) is 0.746. The molecule has 4 rings (SSSR count). The first-order chi connectivity index (χ1) is 13.1. The largest absolute Gasteiger partial charge is 0.297 e. The molecule has 1 saturated heterocycles. The van der Waals surface area contributed by atoms with Gasteiger partial charge in [0.25, 0.3) is 11.3 Å². The van der Waals surface area contributed by atoms with Crippen LogP contribution >= 0.6 is 0 Å². The molecule has 0 aliphatic carbocycles. The van der Waals surface area contributed by atoms with Gasteiger partial charge in [-0.15, -0.1) is 0 Å². The van der Waals surface area contributed by atoms with Crippen molar-refractivity contribution in [3.63, 3.8) is 0 Å². The van der Waals surface area contributed by atoms with Crippen molar-refractivity contribution in [3.8, 4) is 0 Å². The Morgan fingerprint density at radius 2 is 2.07 bits per heavy atom. The number of piperidine rings is 1. The van der Waals surface area contributed by atoms with Crippen molar-refractivity contribution in [2.45, 2.75) is 32.2 Å². The molecule has 0 bridgehead atoms. The Balaban J connectivity index is 1.39. The molecule has 0 saturated carbocycles. The van der Waals surface area contributed by atoms with Crippen LogP contribution in [0.1, 0.15) is 30.5 Å². The Labute approximate surface area is 154 Å². The Kier molecular flexibility index (Phi) is 4.98. The van der Waals surface area contributed by atoms with Gasteiger partial charge in [0.05, 0.1) is 5.69 Å². The average Bonchev–Trinajstić information content (AvgIpc) is 3.11. The average molecular weight is 373 g/mol. The first-order valence-electron chi connectivity index (χ1n) is 9.17. The summed E-state index contributed by atoms with van der Waals surface area (Å²) < 4.78 is 28.9. The van der Waals surface area contributed by atoms with Gasteiger partial charge in [0.1, 0.15) is 18.0 Å². The molecule has 8 heteroatoms. The number of fused-ring (bicyclic) bond motifs is 1. The second kappa shape index (κ2) is 7.56. The van der Waals surface area contributed by atoms with Crippen LogP contribution in [0.4, 0.5) is 8.78 Å². The second-order valence-corrected chi connectivity index (χ2v) is 7.09. The van der Waals surface area contributed by atoms with Gasteiger partial charge in [-0.1, -0.05) is 6.07 Å². The van der Waals surface area contributed by atoms with Gasteiger partial charge in [0.2, 0.25) is 0 Å². The normalized spacial score (nSPS) is 18.2. The number of nitrogens with zero attached hydrogens (tertiary/aromatic N) is 4. The van der Waals surface area contributed by atoms with Crippen LogP contribution in [0.5, 0.6) is 0 Å². The smallest absolute Gasteiger partial charge is 0.274 e. The number of nitrogens with one attached hydrogen (secondary N) is 1. The van der Waals surface area contributed by atoms with E-state index in [0.29, 0.717) is 30.4 Å². The van der Waals surface area contributed by atoms with E-state index in [1.54, 1.807) is 0 Å². The van der Waals surface area contributed by atoms with Crippen molar-refractivity contribution >= 4 is 5.78 Å². The van der Waals surface area contributed by atoms with Crippen LogP contribution in [0, 0.1) is 17.6 Å². The van der Waals surface area contributed by atoms with Crippen LogP contribution < -0.4 is 5.56 Å². The molecule has 27 heavy (non-hydrogen) atoms. The fraction of sp³-hybridized carbons (Fsp3) is 0.421. The zero-order chi connectivity index (χ0) is 18.8. The summed E-state index contributed by atoms with van der Waals surface area (Å²) >= 11 is 0. The molecular formula is C19H21F2N5O. The molecule has 1 fully saturated rings. The molecule has 2 aromatic heterocycles. The first-order valence-corrected chi connectivity index (χ1v) is 9.17. The van der Waals surface area contributed by atoms with Crippen molar-refractivity contribution in [1.29, 1.82) is 0 Å². The van der Waals surface area contributed by atoms with Crippen molar-refractivity contribution in [2.75, 3.05) is 13.1 Å². The Morgan fingerprint density at radius 3 is 2.89 bits per heavy atom. The van der Waals surface area contributed by atoms with Crippen molar-refractivity contribution < 1.29 is 8.78 Å². The maximum absolute atomic E-state index is 13.8. The van der Waals surface area contributed by atoms with Crippen LogP contribution in [-0.4, -0.2) is 37.6 Å². The molecule has 1 aliphatic rings. The van der Waals surface area contributed by atoms with E-state index in [2.05, 4.69) is 20.0 Å². The van der Waals surface area contributed by atoms with E-state index < -0.39 is 11.6 Å². The highest BCUT2D eigenvalue weighted by Gasteiger charge is 2.21. The number of aromatic amines is 1. The summed E-state index contributed by atoms with van der Waals surface area (Å²) in [5.41, 5.74) is 0.678. The second-order valence-electron chi connectivity index (χ2n) is 7.09. The third kappa shape index (κ3) is 3.90. The molecule has 0 unspecified atom stereocenters. The minimum atomic E-state index is -0.473. The van der Waals surface area contributed by atoms with Crippen LogP contribution in [0.2, 0.25) is 0 Å². The predicted molar refractivity (Wildman–Crippen MR) is 96.3 cm³/mol. The summed E-state index contributed by atoms with van der Waals surface area (Å²) in [4.78, 5) is 22.7. The zero-order valence-electron chi connectivity index (χ0n) is 14.9. The molecule has 0 spiro atoms. The molecule has 3 heterocycles. The van der Waals surface area contributed by atoms with Crippen LogP contribution in [0.15, 0.2) is 35.4 Å². The molecular weight excluding hydrogens is 352 g/mol. The minimum Gasteiger partial charge on any atom is -0.297 e. The zero-order valence-corrected chi connectivity index (χ0v) is 14.9. The first kappa shape index (κ1) is 17.8. The van der Waals surface area contributed by atoms with E-state index in [0.717, 1.165) is 32.4 Å². The lowest BCUT2D eigenvalue weighted by atomic mass is 9.91. The predicted octanol–water partition coefficient (Wildman–Crippen LogP) is 2.54.